The van der Waals surface area contributed by atoms with E-state index in [4.69, 9.17) is 0 Å². The van der Waals surface area contributed by atoms with Crippen molar-refractivity contribution in [2.24, 2.45) is 0 Å². The molecule has 0 aliphatic rings. The summed E-state index contributed by atoms with van der Waals surface area (Å²) in [6.45, 7) is 13.9. The fourth-order valence-corrected chi connectivity index (χ4v) is 9.32. The van der Waals surface area contributed by atoms with Crippen LogP contribution in [-0.4, -0.2) is 0 Å². The Hall–Kier alpha value is -6.96. The van der Waals surface area contributed by atoms with Crippen LogP contribution in [0.2, 0.25) is 0 Å². The van der Waals surface area contributed by atoms with Crippen LogP contribution in [0.1, 0.15) is 52.7 Å². The minimum absolute atomic E-state index is 0.000446. The molecule has 0 amide bonds. The largest absolute Gasteiger partial charge is 0.309 e. The Bertz CT molecular complexity index is 3240. The standard InChI is InChI=1S/C60H51N/c1-59(2,3)44-37-43(38-45(39-44)60(4,5)6)48-28-15-22-42-23-16-31-54(58(42)48)53-27-12-14-33-57(53)61(55-34-17-21-40-19-8-10-25-47(40)55)56-32-13-11-26-52(56)50-30-18-29-49-46-24-9-7-20-41(46)35-36-51(49)50/h7-39H,1-6H3. The summed E-state index contributed by atoms with van der Waals surface area (Å²) in [5, 5.41) is 9.91. The molecule has 10 rings (SSSR count). The number of rotatable bonds is 6. The van der Waals surface area contributed by atoms with Crippen molar-refractivity contribution in [3.63, 3.8) is 0 Å². The molecule has 0 saturated heterocycles. The summed E-state index contributed by atoms with van der Waals surface area (Å²) >= 11 is 0. The van der Waals surface area contributed by atoms with Crippen LogP contribution < -0.4 is 4.90 Å². The SMILES string of the molecule is CC(C)(C)c1cc(-c2cccc3cccc(-c4ccccc4N(c4ccccc4-c4cccc5c4ccc4ccccc45)c4cccc5ccccc45)c23)cc(C(C)(C)C)c1. The van der Waals surface area contributed by atoms with Crippen LogP contribution in [-0.2, 0) is 10.8 Å². The van der Waals surface area contributed by atoms with Gasteiger partial charge in [0.2, 0.25) is 0 Å². The summed E-state index contributed by atoms with van der Waals surface area (Å²) in [7, 11) is 0. The zero-order valence-electron chi connectivity index (χ0n) is 36.0. The second kappa shape index (κ2) is 14.9. The van der Waals surface area contributed by atoms with Crippen molar-refractivity contribution >= 4 is 60.2 Å². The highest BCUT2D eigenvalue weighted by molar-refractivity contribution is 6.14. The summed E-state index contributed by atoms with van der Waals surface area (Å²) in [6.07, 6.45) is 0. The summed E-state index contributed by atoms with van der Waals surface area (Å²) in [5.41, 5.74) is 13.4. The number of para-hydroxylation sites is 2. The fraction of sp³-hybridized carbons (Fsp3) is 0.133. The van der Waals surface area contributed by atoms with E-state index in [2.05, 4.69) is 247 Å². The quantitative estimate of drug-likeness (QED) is 0.152. The van der Waals surface area contributed by atoms with Crippen molar-refractivity contribution in [2.45, 2.75) is 52.4 Å². The van der Waals surface area contributed by atoms with Crippen molar-refractivity contribution < 1.29 is 0 Å². The second-order valence-corrected chi connectivity index (χ2v) is 18.6. The lowest BCUT2D eigenvalue weighted by Crippen LogP contribution is -2.16. The first-order valence-corrected chi connectivity index (χ1v) is 21.6. The molecule has 10 aromatic carbocycles. The predicted octanol–water partition coefficient (Wildman–Crippen LogP) is 17.4. The van der Waals surface area contributed by atoms with Gasteiger partial charge in [-0.3, -0.25) is 0 Å². The van der Waals surface area contributed by atoms with Gasteiger partial charge in [0, 0.05) is 16.5 Å². The molecule has 1 nitrogen and oxygen atoms in total. The maximum atomic E-state index is 2.52. The Morgan fingerprint density at radius 1 is 0.295 bits per heavy atom. The Labute approximate surface area is 360 Å². The Balaban J connectivity index is 1.26. The van der Waals surface area contributed by atoms with Crippen molar-refractivity contribution in [3.8, 4) is 33.4 Å². The topological polar surface area (TPSA) is 3.24 Å². The van der Waals surface area contributed by atoms with Crippen molar-refractivity contribution in [3.05, 3.63) is 211 Å². The molecule has 0 atom stereocenters. The molecular formula is C60H51N. The van der Waals surface area contributed by atoms with Crippen LogP contribution in [0.5, 0.6) is 0 Å². The summed E-state index contributed by atoms with van der Waals surface area (Å²) < 4.78 is 0. The van der Waals surface area contributed by atoms with Crippen LogP contribution in [0.25, 0.3) is 76.5 Å². The van der Waals surface area contributed by atoms with E-state index in [0.717, 1.165) is 17.1 Å². The lowest BCUT2D eigenvalue weighted by Gasteiger charge is -2.31. The third kappa shape index (κ3) is 6.85. The van der Waals surface area contributed by atoms with Gasteiger partial charge in [-0.25, -0.2) is 0 Å². The summed E-state index contributed by atoms with van der Waals surface area (Å²) in [6, 6.07) is 74.4. The van der Waals surface area contributed by atoms with Crippen LogP contribution >= 0.6 is 0 Å². The van der Waals surface area contributed by atoms with Crippen molar-refractivity contribution in [1.82, 2.24) is 0 Å². The monoisotopic (exact) mass is 785 g/mol. The second-order valence-electron chi connectivity index (χ2n) is 18.6. The number of fused-ring (bicyclic) bond motifs is 5. The van der Waals surface area contributed by atoms with E-state index in [1.165, 1.54) is 87.6 Å². The van der Waals surface area contributed by atoms with E-state index < -0.39 is 0 Å². The normalized spacial score (nSPS) is 12.1. The number of hydrogen-bond acceptors (Lipinski definition) is 1. The summed E-state index contributed by atoms with van der Waals surface area (Å²) in [5.74, 6) is 0. The first-order chi connectivity index (χ1) is 29.5. The third-order valence-corrected chi connectivity index (χ3v) is 12.5. The maximum absolute atomic E-state index is 2.52. The molecule has 0 N–H and O–H groups in total. The van der Waals surface area contributed by atoms with Crippen LogP contribution in [0.15, 0.2) is 200 Å². The van der Waals surface area contributed by atoms with E-state index in [9.17, 15) is 0 Å². The highest BCUT2D eigenvalue weighted by Gasteiger charge is 2.25. The molecule has 0 spiro atoms. The molecule has 10 aromatic rings. The van der Waals surface area contributed by atoms with Gasteiger partial charge in [0.15, 0.2) is 0 Å². The molecule has 0 aromatic heterocycles. The highest BCUT2D eigenvalue weighted by atomic mass is 15.1. The highest BCUT2D eigenvalue weighted by Crippen LogP contribution is 2.49. The van der Waals surface area contributed by atoms with Crippen molar-refractivity contribution in [2.75, 3.05) is 4.90 Å². The lowest BCUT2D eigenvalue weighted by molar-refractivity contribution is 0.569. The zero-order valence-corrected chi connectivity index (χ0v) is 36.0. The number of hydrogen-bond donors (Lipinski definition) is 0. The Morgan fingerprint density at radius 3 is 1.41 bits per heavy atom. The molecular weight excluding hydrogens is 735 g/mol. The van der Waals surface area contributed by atoms with E-state index >= 15 is 0 Å². The average Bonchev–Trinajstić information content (AvgIpc) is 3.28. The number of benzene rings is 10. The van der Waals surface area contributed by atoms with Gasteiger partial charge in [-0.2, -0.15) is 0 Å². The molecule has 61 heavy (non-hydrogen) atoms. The zero-order chi connectivity index (χ0) is 41.9. The van der Waals surface area contributed by atoms with Gasteiger partial charge in [0.1, 0.15) is 0 Å². The molecule has 296 valence electrons. The molecule has 0 unspecified atom stereocenters. The van der Waals surface area contributed by atoms with E-state index in [1.54, 1.807) is 0 Å². The average molecular weight is 786 g/mol. The van der Waals surface area contributed by atoms with E-state index in [1.807, 2.05) is 0 Å². The Morgan fingerprint density at radius 2 is 0.738 bits per heavy atom. The minimum atomic E-state index is -0.000446. The molecule has 1 heteroatoms. The predicted molar refractivity (Wildman–Crippen MR) is 265 cm³/mol. The maximum Gasteiger partial charge on any atom is 0.0540 e. The first-order valence-electron chi connectivity index (χ1n) is 21.6. The van der Waals surface area contributed by atoms with Gasteiger partial charge in [0.05, 0.1) is 17.1 Å². The van der Waals surface area contributed by atoms with Gasteiger partial charge in [0.25, 0.3) is 0 Å². The van der Waals surface area contributed by atoms with Gasteiger partial charge in [-0.15, -0.1) is 0 Å². The van der Waals surface area contributed by atoms with E-state index in [0.29, 0.717) is 0 Å². The Kier molecular flexibility index (Phi) is 9.37. The van der Waals surface area contributed by atoms with Crippen LogP contribution in [0, 0.1) is 0 Å². The van der Waals surface area contributed by atoms with Gasteiger partial charge >= 0.3 is 0 Å². The molecule has 0 saturated carbocycles. The number of nitrogens with zero attached hydrogens (tertiary/aromatic N) is 1. The third-order valence-electron chi connectivity index (χ3n) is 12.5. The van der Waals surface area contributed by atoms with Gasteiger partial charge in [-0.05, 0) is 100 Å². The molecule has 0 bridgehead atoms. The van der Waals surface area contributed by atoms with Gasteiger partial charge in [-0.1, -0.05) is 224 Å². The minimum Gasteiger partial charge on any atom is -0.309 e. The van der Waals surface area contributed by atoms with Crippen LogP contribution in [0.3, 0.4) is 0 Å². The first kappa shape index (κ1) is 38.3. The van der Waals surface area contributed by atoms with Crippen LogP contribution in [0.4, 0.5) is 17.1 Å². The van der Waals surface area contributed by atoms with Crippen molar-refractivity contribution in [1.29, 1.82) is 0 Å². The lowest BCUT2D eigenvalue weighted by atomic mass is 9.78. The number of anilines is 3. The smallest absolute Gasteiger partial charge is 0.0540 e. The molecule has 0 fully saturated rings. The fourth-order valence-electron chi connectivity index (χ4n) is 9.32. The summed E-state index contributed by atoms with van der Waals surface area (Å²) in [4.78, 5) is 2.52. The molecule has 0 radical (unpaired) electrons. The molecule has 0 aliphatic heterocycles. The molecule has 0 heterocycles. The van der Waals surface area contributed by atoms with E-state index in [-0.39, 0.29) is 10.8 Å². The molecule has 0 aliphatic carbocycles. The van der Waals surface area contributed by atoms with Gasteiger partial charge < -0.3 is 4.90 Å².